The molecule has 0 radical (unpaired) electrons. The van der Waals surface area contributed by atoms with Crippen molar-refractivity contribution in [2.24, 2.45) is 0 Å². The number of hydrogen-bond acceptors (Lipinski definition) is 2. The molecule has 2 aromatic rings. The molecule has 1 aliphatic carbocycles. The Hall–Kier alpha value is -1.51. The summed E-state index contributed by atoms with van der Waals surface area (Å²) in [4.78, 5) is 0. The fraction of sp³-hybridized carbons (Fsp3) is 0.333. The van der Waals surface area contributed by atoms with Crippen molar-refractivity contribution in [3.05, 3.63) is 58.6 Å². The third kappa shape index (κ3) is 3.99. The fourth-order valence-corrected chi connectivity index (χ4v) is 2.39. The number of hydrogen-bond donors (Lipinski definition) is 1. The summed E-state index contributed by atoms with van der Waals surface area (Å²) in [6.45, 7) is 2.97. The molecule has 0 bridgehead atoms. The van der Waals surface area contributed by atoms with E-state index in [1.54, 1.807) is 0 Å². The maximum atomic E-state index is 6.11. The van der Waals surface area contributed by atoms with E-state index in [1.807, 2.05) is 30.3 Å². The minimum absolute atomic E-state index is 0.678. The average Bonchev–Trinajstić information content (AvgIpc) is 3.31. The number of aryl methyl sites for hydroxylation is 1. The molecule has 0 heterocycles. The first kappa shape index (κ1) is 14.4. The summed E-state index contributed by atoms with van der Waals surface area (Å²) >= 11 is 6.11. The van der Waals surface area contributed by atoms with Crippen LogP contribution >= 0.6 is 11.6 Å². The molecule has 0 aromatic heterocycles. The molecule has 0 amide bonds. The van der Waals surface area contributed by atoms with Crippen LogP contribution < -0.4 is 10.1 Å². The second kappa shape index (κ2) is 6.50. The van der Waals surface area contributed by atoms with Gasteiger partial charge in [-0.05, 0) is 49.1 Å². The zero-order valence-electron chi connectivity index (χ0n) is 12.2. The van der Waals surface area contributed by atoms with Crippen molar-refractivity contribution in [2.75, 3.05) is 0 Å². The van der Waals surface area contributed by atoms with Gasteiger partial charge in [0.05, 0.1) is 0 Å². The summed E-state index contributed by atoms with van der Waals surface area (Å²) in [5, 5.41) is 4.21. The quantitative estimate of drug-likeness (QED) is 0.815. The van der Waals surface area contributed by atoms with Crippen molar-refractivity contribution >= 4 is 11.6 Å². The molecule has 1 saturated carbocycles. The summed E-state index contributed by atoms with van der Waals surface area (Å²) in [5.41, 5.74) is 2.45. The molecular weight excluding hydrogens is 282 g/mol. The van der Waals surface area contributed by atoms with Crippen molar-refractivity contribution in [1.82, 2.24) is 5.32 Å². The standard InChI is InChI=1S/C18H20ClNO/c1-2-13-3-9-17(10-4-13)21-18-11-15(19)6-5-14(18)12-20-16-7-8-16/h3-6,9-11,16,20H,2,7-8,12H2,1H3. The summed E-state index contributed by atoms with van der Waals surface area (Å²) in [5.74, 6) is 1.68. The largest absolute Gasteiger partial charge is 0.457 e. The molecule has 0 unspecified atom stereocenters. The maximum absolute atomic E-state index is 6.11. The Kier molecular flexibility index (Phi) is 4.47. The lowest BCUT2D eigenvalue weighted by molar-refractivity contribution is 0.472. The lowest BCUT2D eigenvalue weighted by atomic mass is 10.1. The van der Waals surface area contributed by atoms with Crippen LogP contribution in [0.5, 0.6) is 11.5 Å². The molecule has 1 N–H and O–H groups in total. The van der Waals surface area contributed by atoms with Crippen molar-refractivity contribution in [2.45, 2.75) is 38.8 Å². The van der Waals surface area contributed by atoms with Gasteiger partial charge in [0.2, 0.25) is 0 Å². The first-order valence-electron chi connectivity index (χ1n) is 7.53. The van der Waals surface area contributed by atoms with Crippen LogP contribution in [-0.2, 0) is 13.0 Å². The van der Waals surface area contributed by atoms with Gasteiger partial charge in [-0.1, -0.05) is 36.7 Å². The molecule has 0 atom stereocenters. The van der Waals surface area contributed by atoms with Gasteiger partial charge in [0.15, 0.2) is 0 Å². The topological polar surface area (TPSA) is 21.3 Å². The smallest absolute Gasteiger partial charge is 0.133 e. The van der Waals surface area contributed by atoms with E-state index in [0.717, 1.165) is 30.0 Å². The molecule has 2 nitrogen and oxygen atoms in total. The summed E-state index contributed by atoms with van der Waals surface area (Å²) < 4.78 is 6.02. The van der Waals surface area contributed by atoms with E-state index in [0.29, 0.717) is 11.1 Å². The fourth-order valence-electron chi connectivity index (χ4n) is 2.23. The van der Waals surface area contributed by atoms with Crippen molar-refractivity contribution in [3.8, 4) is 11.5 Å². The van der Waals surface area contributed by atoms with Gasteiger partial charge in [-0.25, -0.2) is 0 Å². The number of ether oxygens (including phenoxy) is 1. The van der Waals surface area contributed by atoms with Gasteiger partial charge in [0.25, 0.3) is 0 Å². The second-order valence-corrected chi connectivity index (χ2v) is 5.94. The highest BCUT2D eigenvalue weighted by Crippen LogP contribution is 2.29. The van der Waals surface area contributed by atoms with E-state index in [4.69, 9.17) is 16.3 Å². The minimum Gasteiger partial charge on any atom is -0.457 e. The molecule has 110 valence electrons. The molecule has 21 heavy (non-hydrogen) atoms. The van der Waals surface area contributed by atoms with Crippen LogP contribution in [0.25, 0.3) is 0 Å². The predicted octanol–water partition coefficient (Wildman–Crippen LogP) is 4.95. The predicted molar refractivity (Wildman–Crippen MR) is 87.2 cm³/mol. The molecule has 0 aliphatic heterocycles. The molecule has 3 rings (SSSR count). The van der Waals surface area contributed by atoms with Crippen molar-refractivity contribution in [1.29, 1.82) is 0 Å². The van der Waals surface area contributed by atoms with E-state index in [2.05, 4.69) is 24.4 Å². The normalized spacial score (nSPS) is 14.2. The van der Waals surface area contributed by atoms with Crippen LogP contribution in [0.1, 0.15) is 30.9 Å². The monoisotopic (exact) mass is 301 g/mol. The van der Waals surface area contributed by atoms with Crippen LogP contribution in [0.15, 0.2) is 42.5 Å². The Labute approximate surface area is 131 Å². The van der Waals surface area contributed by atoms with E-state index in [-0.39, 0.29) is 0 Å². The van der Waals surface area contributed by atoms with Crippen molar-refractivity contribution < 1.29 is 4.74 Å². The first-order valence-corrected chi connectivity index (χ1v) is 7.91. The van der Waals surface area contributed by atoms with Gasteiger partial charge < -0.3 is 10.1 Å². The number of benzene rings is 2. The second-order valence-electron chi connectivity index (χ2n) is 5.51. The van der Waals surface area contributed by atoms with Crippen LogP contribution in [0.3, 0.4) is 0 Å². The molecular formula is C18H20ClNO. The average molecular weight is 302 g/mol. The van der Waals surface area contributed by atoms with E-state index in [1.165, 1.54) is 18.4 Å². The molecule has 1 fully saturated rings. The SMILES string of the molecule is CCc1ccc(Oc2cc(Cl)ccc2CNC2CC2)cc1. The van der Waals surface area contributed by atoms with Crippen LogP contribution in [-0.4, -0.2) is 6.04 Å². The summed E-state index contributed by atoms with van der Waals surface area (Å²) in [6, 6.07) is 14.7. The third-order valence-corrected chi connectivity index (χ3v) is 3.98. The zero-order chi connectivity index (χ0) is 14.7. The first-order chi connectivity index (χ1) is 10.2. The Morgan fingerprint density at radius 1 is 1.14 bits per heavy atom. The number of nitrogens with one attached hydrogen (secondary N) is 1. The van der Waals surface area contributed by atoms with Crippen LogP contribution in [0.2, 0.25) is 5.02 Å². The summed E-state index contributed by atoms with van der Waals surface area (Å²) in [6.07, 6.45) is 3.60. The maximum Gasteiger partial charge on any atom is 0.133 e. The van der Waals surface area contributed by atoms with Gasteiger partial charge in [0, 0.05) is 23.2 Å². The lowest BCUT2D eigenvalue weighted by Crippen LogP contribution is -2.15. The van der Waals surface area contributed by atoms with Gasteiger partial charge in [0.1, 0.15) is 11.5 Å². The van der Waals surface area contributed by atoms with Gasteiger partial charge in [-0.2, -0.15) is 0 Å². The van der Waals surface area contributed by atoms with E-state index >= 15 is 0 Å². The Morgan fingerprint density at radius 3 is 2.57 bits per heavy atom. The molecule has 3 heteroatoms. The molecule has 1 aliphatic rings. The van der Waals surface area contributed by atoms with Gasteiger partial charge in [-0.15, -0.1) is 0 Å². The molecule has 0 saturated heterocycles. The van der Waals surface area contributed by atoms with E-state index in [9.17, 15) is 0 Å². The highest BCUT2D eigenvalue weighted by Gasteiger charge is 2.20. The Bertz CT molecular complexity index is 605. The Balaban J connectivity index is 1.76. The zero-order valence-corrected chi connectivity index (χ0v) is 13.0. The van der Waals surface area contributed by atoms with Crippen LogP contribution in [0.4, 0.5) is 0 Å². The number of halogens is 1. The van der Waals surface area contributed by atoms with Crippen LogP contribution in [0, 0.1) is 0 Å². The Morgan fingerprint density at radius 2 is 1.90 bits per heavy atom. The van der Waals surface area contributed by atoms with Gasteiger partial charge in [-0.3, -0.25) is 0 Å². The van der Waals surface area contributed by atoms with Gasteiger partial charge >= 0.3 is 0 Å². The van der Waals surface area contributed by atoms with E-state index < -0.39 is 0 Å². The highest BCUT2D eigenvalue weighted by molar-refractivity contribution is 6.30. The lowest BCUT2D eigenvalue weighted by Gasteiger charge is -2.12. The molecule has 0 spiro atoms. The molecule has 2 aromatic carbocycles. The third-order valence-electron chi connectivity index (χ3n) is 3.75. The minimum atomic E-state index is 0.678. The number of rotatable bonds is 6. The summed E-state index contributed by atoms with van der Waals surface area (Å²) in [7, 11) is 0. The highest BCUT2D eigenvalue weighted by atomic mass is 35.5. The van der Waals surface area contributed by atoms with Crippen molar-refractivity contribution in [3.63, 3.8) is 0 Å².